The van der Waals surface area contributed by atoms with Crippen molar-refractivity contribution in [1.82, 2.24) is 4.98 Å². The zero-order valence-electron chi connectivity index (χ0n) is 9.64. The van der Waals surface area contributed by atoms with Gasteiger partial charge in [-0.3, -0.25) is 0 Å². The molecule has 0 aliphatic carbocycles. The molecule has 0 saturated carbocycles. The molecule has 0 aliphatic heterocycles. The maximum atomic E-state index is 8.81. The number of hydrogen-bond acceptors (Lipinski definition) is 3. The van der Waals surface area contributed by atoms with Crippen molar-refractivity contribution in [3.63, 3.8) is 0 Å². The van der Waals surface area contributed by atoms with Gasteiger partial charge in [-0.15, -0.1) is 0 Å². The molecule has 0 spiro atoms. The Kier molecular flexibility index (Phi) is 3.37. The molecule has 0 amide bonds. The van der Waals surface area contributed by atoms with E-state index in [1.54, 1.807) is 6.07 Å². The molecule has 0 saturated heterocycles. The second-order valence-electron chi connectivity index (χ2n) is 3.78. The monoisotopic (exact) mass is 223 g/mol. The number of nitriles is 1. The van der Waals surface area contributed by atoms with E-state index in [-0.39, 0.29) is 0 Å². The highest BCUT2D eigenvalue weighted by atomic mass is 15.0. The Hall–Kier alpha value is -2.34. The molecule has 0 atom stereocenters. The Balaban J connectivity index is 2.06. The maximum Gasteiger partial charge on any atom is 0.126 e. The smallest absolute Gasteiger partial charge is 0.126 e. The van der Waals surface area contributed by atoms with Crippen LogP contribution >= 0.6 is 0 Å². The van der Waals surface area contributed by atoms with E-state index in [0.29, 0.717) is 5.56 Å². The van der Waals surface area contributed by atoms with Gasteiger partial charge in [-0.2, -0.15) is 5.26 Å². The van der Waals surface area contributed by atoms with Crippen LogP contribution in [0.1, 0.15) is 16.8 Å². The predicted molar refractivity (Wildman–Crippen MR) is 67.5 cm³/mol. The molecule has 2 aromatic rings. The first kappa shape index (κ1) is 11.2. The normalized spacial score (nSPS) is 9.65. The van der Waals surface area contributed by atoms with Crippen LogP contribution in [0.5, 0.6) is 0 Å². The average molecular weight is 223 g/mol. The fourth-order valence-corrected chi connectivity index (χ4v) is 1.57. The van der Waals surface area contributed by atoms with Crippen LogP contribution in [0.2, 0.25) is 0 Å². The molecule has 1 aromatic heterocycles. The van der Waals surface area contributed by atoms with Crippen molar-refractivity contribution in [2.45, 2.75) is 13.5 Å². The molecule has 0 unspecified atom stereocenters. The van der Waals surface area contributed by atoms with E-state index in [9.17, 15) is 0 Å². The zero-order chi connectivity index (χ0) is 12.1. The lowest BCUT2D eigenvalue weighted by molar-refractivity contribution is 1.08. The SMILES string of the molecule is Cc1nc(NCc2ccccc2)ccc1C#N. The number of pyridine rings is 1. The summed E-state index contributed by atoms with van der Waals surface area (Å²) in [6.07, 6.45) is 0. The van der Waals surface area contributed by atoms with Gasteiger partial charge in [0.15, 0.2) is 0 Å². The minimum Gasteiger partial charge on any atom is -0.366 e. The van der Waals surface area contributed by atoms with Gasteiger partial charge in [-0.05, 0) is 24.6 Å². The van der Waals surface area contributed by atoms with Crippen molar-refractivity contribution in [2.24, 2.45) is 0 Å². The molecule has 0 bridgehead atoms. The summed E-state index contributed by atoms with van der Waals surface area (Å²) in [7, 11) is 0. The summed E-state index contributed by atoms with van der Waals surface area (Å²) in [5.41, 5.74) is 2.58. The van der Waals surface area contributed by atoms with Gasteiger partial charge in [0.2, 0.25) is 0 Å². The molecule has 84 valence electrons. The molecule has 0 radical (unpaired) electrons. The van der Waals surface area contributed by atoms with Crippen LogP contribution in [0.4, 0.5) is 5.82 Å². The molecule has 3 nitrogen and oxygen atoms in total. The van der Waals surface area contributed by atoms with Crippen LogP contribution < -0.4 is 5.32 Å². The number of nitrogens with one attached hydrogen (secondary N) is 1. The molecule has 0 aliphatic rings. The first-order valence-corrected chi connectivity index (χ1v) is 5.45. The number of anilines is 1. The van der Waals surface area contributed by atoms with Crippen molar-refractivity contribution in [2.75, 3.05) is 5.32 Å². The second kappa shape index (κ2) is 5.13. The molecular weight excluding hydrogens is 210 g/mol. The summed E-state index contributed by atoms with van der Waals surface area (Å²) in [5.74, 6) is 0.797. The lowest BCUT2D eigenvalue weighted by Gasteiger charge is -2.06. The van der Waals surface area contributed by atoms with Gasteiger partial charge in [0.1, 0.15) is 11.9 Å². The van der Waals surface area contributed by atoms with Crippen molar-refractivity contribution in [3.8, 4) is 6.07 Å². The molecule has 0 fully saturated rings. The van der Waals surface area contributed by atoms with Gasteiger partial charge in [0.05, 0.1) is 11.3 Å². The average Bonchev–Trinajstić information content (AvgIpc) is 2.38. The molecular formula is C14H13N3. The fourth-order valence-electron chi connectivity index (χ4n) is 1.57. The largest absolute Gasteiger partial charge is 0.366 e. The predicted octanol–water partition coefficient (Wildman–Crippen LogP) is 2.87. The number of rotatable bonds is 3. The van der Waals surface area contributed by atoms with Crippen molar-refractivity contribution in [3.05, 3.63) is 59.3 Å². The summed E-state index contributed by atoms with van der Waals surface area (Å²) < 4.78 is 0. The Morgan fingerprint density at radius 1 is 1.18 bits per heavy atom. The Morgan fingerprint density at radius 2 is 1.94 bits per heavy atom. The number of aryl methyl sites for hydroxylation is 1. The lowest BCUT2D eigenvalue weighted by Crippen LogP contribution is -2.02. The first-order valence-electron chi connectivity index (χ1n) is 5.45. The summed E-state index contributed by atoms with van der Waals surface area (Å²) >= 11 is 0. The standard InChI is InChI=1S/C14H13N3/c1-11-13(9-15)7-8-14(17-11)16-10-12-5-3-2-4-6-12/h2-8H,10H2,1H3,(H,16,17). The maximum absolute atomic E-state index is 8.81. The zero-order valence-corrected chi connectivity index (χ0v) is 9.64. The third kappa shape index (κ3) is 2.82. The third-order valence-corrected chi connectivity index (χ3v) is 2.52. The van der Waals surface area contributed by atoms with Gasteiger partial charge in [-0.25, -0.2) is 4.98 Å². The van der Waals surface area contributed by atoms with Crippen LogP contribution in [-0.2, 0) is 6.54 Å². The molecule has 1 heterocycles. The summed E-state index contributed by atoms with van der Waals surface area (Å²) in [4.78, 5) is 4.33. The third-order valence-electron chi connectivity index (χ3n) is 2.52. The number of hydrogen-bond donors (Lipinski definition) is 1. The summed E-state index contributed by atoms with van der Waals surface area (Å²) in [6.45, 7) is 2.57. The van der Waals surface area contributed by atoms with Crippen LogP contribution in [0.25, 0.3) is 0 Å². The Morgan fingerprint density at radius 3 is 2.59 bits per heavy atom. The van der Waals surface area contributed by atoms with Gasteiger partial charge in [0.25, 0.3) is 0 Å². The van der Waals surface area contributed by atoms with E-state index in [4.69, 9.17) is 5.26 Å². The van der Waals surface area contributed by atoms with E-state index in [0.717, 1.165) is 18.1 Å². The Bertz CT molecular complexity index is 541. The van der Waals surface area contributed by atoms with Crippen LogP contribution in [-0.4, -0.2) is 4.98 Å². The quantitative estimate of drug-likeness (QED) is 0.870. The van der Waals surface area contributed by atoms with Crippen LogP contribution in [0, 0.1) is 18.3 Å². The van der Waals surface area contributed by atoms with Crippen LogP contribution in [0.3, 0.4) is 0 Å². The summed E-state index contributed by atoms with van der Waals surface area (Å²) in [5, 5.41) is 12.0. The summed E-state index contributed by atoms with van der Waals surface area (Å²) in [6, 6.07) is 15.8. The highest BCUT2D eigenvalue weighted by Gasteiger charge is 2.00. The van der Waals surface area contributed by atoms with E-state index >= 15 is 0 Å². The number of benzene rings is 1. The van der Waals surface area contributed by atoms with Crippen molar-refractivity contribution in [1.29, 1.82) is 5.26 Å². The number of nitrogens with zero attached hydrogens (tertiary/aromatic N) is 2. The van der Waals surface area contributed by atoms with Crippen molar-refractivity contribution < 1.29 is 0 Å². The van der Waals surface area contributed by atoms with Gasteiger partial charge >= 0.3 is 0 Å². The minimum absolute atomic E-state index is 0.621. The molecule has 17 heavy (non-hydrogen) atoms. The minimum atomic E-state index is 0.621. The highest BCUT2D eigenvalue weighted by molar-refractivity contribution is 5.43. The van der Waals surface area contributed by atoms with Crippen molar-refractivity contribution >= 4 is 5.82 Å². The molecule has 1 N–H and O–H groups in total. The number of aromatic nitrogens is 1. The molecule has 3 heteroatoms. The second-order valence-corrected chi connectivity index (χ2v) is 3.78. The van der Waals surface area contributed by atoms with E-state index in [1.165, 1.54) is 5.56 Å². The Labute approximate surface area is 101 Å². The topological polar surface area (TPSA) is 48.7 Å². The molecule has 2 rings (SSSR count). The fraction of sp³-hybridized carbons (Fsp3) is 0.143. The van der Waals surface area contributed by atoms with Crippen LogP contribution in [0.15, 0.2) is 42.5 Å². The van der Waals surface area contributed by atoms with E-state index < -0.39 is 0 Å². The van der Waals surface area contributed by atoms with E-state index in [2.05, 4.69) is 28.5 Å². The molecule has 1 aromatic carbocycles. The van der Waals surface area contributed by atoms with Gasteiger partial charge < -0.3 is 5.32 Å². The van der Waals surface area contributed by atoms with E-state index in [1.807, 2.05) is 31.2 Å². The van der Waals surface area contributed by atoms with Gasteiger partial charge in [-0.1, -0.05) is 30.3 Å². The highest BCUT2D eigenvalue weighted by Crippen LogP contribution is 2.10. The van der Waals surface area contributed by atoms with Gasteiger partial charge in [0, 0.05) is 6.54 Å². The lowest BCUT2D eigenvalue weighted by atomic mass is 10.2. The first-order chi connectivity index (χ1) is 8.29.